The second-order valence-corrected chi connectivity index (χ2v) is 12.0. The van der Waals surface area contributed by atoms with Crippen molar-refractivity contribution >= 4 is 13.6 Å². The highest BCUT2D eigenvalue weighted by Crippen LogP contribution is 2.57. The van der Waals surface area contributed by atoms with Gasteiger partial charge >= 0.3 is 13.6 Å². The van der Waals surface area contributed by atoms with Crippen molar-refractivity contribution in [3.8, 4) is 11.5 Å². The molecule has 2 aromatic rings. The summed E-state index contributed by atoms with van der Waals surface area (Å²) in [6.45, 7) is 9.17. The van der Waals surface area contributed by atoms with Gasteiger partial charge < -0.3 is 29.5 Å². The minimum absolute atomic E-state index is 0.271. The van der Waals surface area contributed by atoms with E-state index in [1.807, 2.05) is 58.0 Å². The van der Waals surface area contributed by atoms with Gasteiger partial charge in [-0.2, -0.15) is 0 Å². The number of aryl methyl sites for hydroxylation is 1. The van der Waals surface area contributed by atoms with Crippen molar-refractivity contribution in [2.24, 2.45) is 0 Å². The fourth-order valence-electron chi connectivity index (χ4n) is 5.16. The molecule has 9 heteroatoms. The molecule has 2 aromatic carbocycles. The molecule has 3 rings (SSSR count). The van der Waals surface area contributed by atoms with Crippen molar-refractivity contribution < 1.29 is 28.6 Å². The number of urea groups is 1. The van der Waals surface area contributed by atoms with Gasteiger partial charge in [0.1, 0.15) is 16.8 Å². The van der Waals surface area contributed by atoms with Crippen LogP contribution in [-0.2, 0) is 11.0 Å². The predicted octanol–water partition coefficient (Wildman–Crippen LogP) is 6.34. The van der Waals surface area contributed by atoms with E-state index in [1.165, 1.54) is 5.56 Å². The first-order valence-corrected chi connectivity index (χ1v) is 15.3. The normalized spacial score (nSPS) is 15.6. The van der Waals surface area contributed by atoms with E-state index in [1.54, 1.807) is 4.90 Å². The van der Waals surface area contributed by atoms with Crippen molar-refractivity contribution in [1.82, 2.24) is 10.2 Å². The number of nitrogens with zero attached hydrogens (tertiary/aromatic N) is 1. The molecule has 0 radical (unpaired) electrons. The van der Waals surface area contributed by atoms with Crippen LogP contribution in [0.4, 0.5) is 4.79 Å². The molecule has 1 aliphatic carbocycles. The van der Waals surface area contributed by atoms with Crippen molar-refractivity contribution in [2.75, 3.05) is 19.8 Å². The minimum atomic E-state index is -4.55. The van der Waals surface area contributed by atoms with Crippen LogP contribution in [0.15, 0.2) is 42.5 Å². The number of carbonyl (C=O) groups excluding carboxylic acids is 1. The number of amides is 2. The van der Waals surface area contributed by atoms with Gasteiger partial charge in [-0.1, -0.05) is 43.2 Å². The zero-order valence-electron chi connectivity index (χ0n) is 23.1. The highest BCUT2D eigenvalue weighted by molar-refractivity contribution is 7.53. The van der Waals surface area contributed by atoms with Gasteiger partial charge in [0.05, 0.1) is 19.3 Å². The summed E-state index contributed by atoms with van der Waals surface area (Å²) >= 11 is 0. The van der Waals surface area contributed by atoms with Crippen LogP contribution in [0.1, 0.15) is 82.0 Å². The summed E-state index contributed by atoms with van der Waals surface area (Å²) < 4.78 is 24.2. The molecule has 1 unspecified atom stereocenters. The minimum Gasteiger partial charge on any atom is -0.493 e. The molecule has 0 bridgehead atoms. The second-order valence-electron chi connectivity index (χ2n) is 10.0. The number of unbranched alkanes of at least 4 members (excludes halogenated alkanes) is 1. The summed E-state index contributed by atoms with van der Waals surface area (Å²) in [7, 11) is -4.55. The number of rotatable bonds is 13. The van der Waals surface area contributed by atoms with Gasteiger partial charge in [-0.15, -0.1) is 0 Å². The average molecular weight is 547 g/mol. The van der Waals surface area contributed by atoms with Crippen LogP contribution in [0.25, 0.3) is 0 Å². The highest BCUT2D eigenvalue weighted by atomic mass is 31.2. The molecule has 8 nitrogen and oxygen atoms in total. The van der Waals surface area contributed by atoms with Gasteiger partial charge in [0.25, 0.3) is 0 Å². The monoisotopic (exact) mass is 546 g/mol. The van der Waals surface area contributed by atoms with E-state index in [-0.39, 0.29) is 18.9 Å². The average Bonchev–Trinajstić information content (AvgIpc) is 3.37. The van der Waals surface area contributed by atoms with Crippen LogP contribution < -0.4 is 14.8 Å². The first-order valence-electron chi connectivity index (χ1n) is 13.7. The number of hydrogen-bond donors (Lipinski definition) is 3. The van der Waals surface area contributed by atoms with Crippen molar-refractivity contribution in [2.45, 2.75) is 84.0 Å². The standard InChI is InChI=1S/C29H43N2O6P/c1-5-36-26-20-25(21-27(22(26)3)37-6-2)23(4)31(19-13-10-16-24-14-8-7-9-15-24)28(32)30-29(38(33,34)35)17-11-12-18-29/h7-9,14-15,20-21,23H,5-6,10-13,16-19H2,1-4H3,(H,30,32)(H2,33,34,35). The Morgan fingerprint density at radius 2 is 1.63 bits per heavy atom. The van der Waals surface area contributed by atoms with Crippen molar-refractivity contribution in [3.05, 3.63) is 59.2 Å². The fourth-order valence-corrected chi connectivity index (χ4v) is 6.30. The molecule has 1 fully saturated rings. The van der Waals surface area contributed by atoms with E-state index in [4.69, 9.17) is 9.47 Å². The Morgan fingerprint density at radius 1 is 1.05 bits per heavy atom. The number of benzene rings is 2. The summed E-state index contributed by atoms with van der Waals surface area (Å²) in [5, 5.41) is 1.29. The molecule has 2 amide bonds. The molecule has 0 heterocycles. The second kappa shape index (κ2) is 13.5. The van der Waals surface area contributed by atoms with E-state index >= 15 is 0 Å². The van der Waals surface area contributed by atoms with E-state index in [2.05, 4.69) is 17.4 Å². The van der Waals surface area contributed by atoms with Crippen LogP contribution in [-0.4, -0.2) is 45.8 Å². The molecule has 0 saturated heterocycles. The first kappa shape index (κ1) is 30.0. The van der Waals surface area contributed by atoms with Crippen LogP contribution in [0.2, 0.25) is 0 Å². The number of ether oxygens (including phenoxy) is 2. The van der Waals surface area contributed by atoms with Crippen molar-refractivity contribution in [3.63, 3.8) is 0 Å². The molecule has 0 spiro atoms. The molecule has 1 saturated carbocycles. The molecular weight excluding hydrogens is 503 g/mol. The Bertz CT molecular complexity index is 1070. The Hall–Kier alpha value is -2.54. The highest BCUT2D eigenvalue weighted by Gasteiger charge is 2.50. The lowest BCUT2D eigenvalue weighted by atomic mass is 10.0. The summed E-state index contributed by atoms with van der Waals surface area (Å²) in [5.74, 6) is 1.40. The zero-order valence-corrected chi connectivity index (χ0v) is 24.0. The Morgan fingerprint density at radius 3 is 2.16 bits per heavy atom. The largest absolute Gasteiger partial charge is 0.493 e. The van der Waals surface area contributed by atoms with Crippen LogP contribution in [0.3, 0.4) is 0 Å². The molecule has 1 atom stereocenters. The molecule has 0 aromatic heterocycles. The smallest absolute Gasteiger partial charge is 0.350 e. The third-order valence-electron chi connectivity index (χ3n) is 7.43. The molecule has 0 aliphatic heterocycles. The van der Waals surface area contributed by atoms with Gasteiger partial charge in [0.2, 0.25) is 0 Å². The molecule has 210 valence electrons. The van der Waals surface area contributed by atoms with Crippen LogP contribution >= 0.6 is 7.60 Å². The Kier molecular flexibility index (Phi) is 10.7. The van der Waals surface area contributed by atoms with E-state index < -0.39 is 18.9 Å². The SMILES string of the molecule is CCOc1cc(C(C)N(CCCCc2ccccc2)C(=O)NC2(P(=O)(O)O)CCCC2)cc(OCC)c1C. The molecule has 38 heavy (non-hydrogen) atoms. The van der Waals surface area contributed by atoms with Gasteiger partial charge in [-0.25, -0.2) is 4.79 Å². The topological polar surface area (TPSA) is 108 Å². The number of carbonyl (C=O) groups is 1. The lowest BCUT2D eigenvalue weighted by Crippen LogP contribution is -2.52. The van der Waals surface area contributed by atoms with Crippen LogP contribution in [0.5, 0.6) is 11.5 Å². The summed E-state index contributed by atoms with van der Waals surface area (Å²) in [4.78, 5) is 35.7. The summed E-state index contributed by atoms with van der Waals surface area (Å²) in [5.41, 5.74) is 2.98. The lowest BCUT2D eigenvalue weighted by molar-refractivity contribution is 0.167. The fraction of sp³-hybridized carbons (Fsp3) is 0.552. The quantitative estimate of drug-likeness (QED) is 0.200. The number of hydrogen-bond acceptors (Lipinski definition) is 4. The maximum atomic E-state index is 13.7. The number of nitrogens with one attached hydrogen (secondary N) is 1. The maximum Gasteiger partial charge on any atom is 0.350 e. The van der Waals surface area contributed by atoms with E-state index in [0.29, 0.717) is 44.1 Å². The summed E-state index contributed by atoms with van der Waals surface area (Å²) in [6, 6.07) is 13.2. The summed E-state index contributed by atoms with van der Waals surface area (Å²) in [6.07, 6.45) is 4.41. The Balaban J connectivity index is 1.87. The molecule has 1 aliphatic rings. The Labute approximate surface area is 226 Å². The van der Waals surface area contributed by atoms with Gasteiger partial charge in [0.15, 0.2) is 0 Å². The first-order chi connectivity index (χ1) is 18.1. The van der Waals surface area contributed by atoms with Gasteiger partial charge in [-0.05, 0) is 83.1 Å². The molecular formula is C29H43N2O6P. The van der Waals surface area contributed by atoms with E-state index in [0.717, 1.165) is 30.4 Å². The van der Waals surface area contributed by atoms with Gasteiger partial charge in [-0.3, -0.25) is 4.57 Å². The van der Waals surface area contributed by atoms with E-state index in [9.17, 15) is 19.1 Å². The predicted molar refractivity (Wildman–Crippen MR) is 150 cm³/mol. The van der Waals surface area contributed by atoms with Crippen LogP contribution in [0, 0.1) is 6.92 Å². The molecule has 3 N–H and O–H groups in total. The lowest BCUT2D eigenvalue weighted by Gasteiger charge is -2.36. The third-order valence-corrected chi connectivity index (χ3v) is 9.10. The van der Waals surface area contributed by atoms with Gasteiger partial charge in [0, 0.05) is 12.1 Å². The maximum absolute atomic E-state index is 13.7. The third kappa shape index (κ3) is 7.31. The van der Waals surface area contributed by atoms with Crippen molar-refractivity contribution in [1.29, 1.82) is 0 Å². The zero-order chi connectivity index (χ0) is 27.8.